The molecule has 5 aromatic carbocycles. The van der Waals surface area contributed by atoms with Crippen molar-refractivity contribution in [3.05, 3.63) is 202 Å². The van der Waals surface area contributed by atoms with Crippen molar-refractivity contribution in [2.24, 2.45) is 0 Å². The zero-order valence-electron chi connectivity index (χ0n) is 30.5. The lowest BCUT2D eigenvalue weighted by Gasteiger charge is -2.44. The van der Waals surface area contributed by atoms with E-state index in [1.54, 1.807) is 24.3 Å². The molecule has 2 heterocycles. The molecule has 0 spiro atoms. The number of ketones is 2. The molecule has 0 amide bonds. The summed E-state index contributed by atoms with van der Waals surface area (Å²) in [5.74, 6) is -0.156. The molecule has 9 rings (SSSR count). The molecule has 0 saturated heterocycles. The Labute approximate surface area is 312 Å². The smallest absolute Gasteiger partial charge is 0.193 e. The van der Waals surface area contributed by atoms with Crippen molar-refractivity contribution in [3.8, 4) is 0 Å². The quantitative estimate of drug-likeness (QED) is 0.166. The number of anilines is 4. The van der Waals surface area contributed by atoms with Crippen LogP contribution in [-0.2, 0) is 10.8 Å². The summed E-state index contributed by atoms with van der Waals surface area (Å²) in [6, 6.07) is 40.1. The molecule has 2 bridgehead atoms. The SMILES string of the molecule is CC12C=C(C=CCC1)N(c1cccc(C(=O)c3ccc(C(=O)c4cccc(N5C6=C(CCC=C6)C(C)(C)c6ccccc65)c4)cc3)c1)c1ccccc12. The van der Waals surface area contributed by atoms with E-state index in [4.69, 9.17) is 0 Å². The van der Waals surface area contributed by atoms with Gasteiger partial charge >= 0.3 is 0 Å². The molecule has 4 nitrogen and oxygen atoms in total. The molecular formula is C49H42N2O2. The number of hydrogen-bond acceptors (Lipinski definition) is 4. The van der Waals surface area contributed by atoms with Gasteiger partial charge in [-0.3, -0.25) is 9.59 Å². The Morgan fingerprint density at radius 2 is 1.13 bits per heavy atom. The lowest BCUT2D eigenvalue weighted by atomic mass is 9.70. The summed E-state index contributed by atoms with van der Waals surface area (Å²) in [7, 11) is 0. The first kappa shape index (κ1) is 32.9. The van der Waals surface area contributed by atoms with Gasteiger partial charge in [0.15, 0.2) is 11.6 Å². The highest BCUT2D eigenvalue weighted by Crippen LogP contribution is 2.51. The molecule has 0 aromatic heterocycles. The molecule has 4 aliphatic rings. The second-order valence-corrected chi connectivity index (χ2v) is 15.4. The Hall–Kier alpha value is -6.00. The fourth-order valence-electron chi connectivity index (χ4n) is 8.90. The molecule has 4 heteroatoms. The second kappa shape index (κ2) is 12.6. The van der Waals surface area contributed by atoms with Crippen LogP contribution in [0.25, 0.3) is 0 Å². The molecule has 2 aliphatic heterocycles. The van der Waals surface area contributed by atoms with Crippen molar-refractivity contribution in [1.82, 2.24) is 0 Å². The number of rotatable bonds is 6. The van der Waals surface area contributed by atoms with Crippen LogP contribution in [0.5, 0.6) is 0 Å². The van der Waals surface area contributed by atoms with Gasteiger partial charge in [0.25, 0.3) is 0 Å². The monoisotopic (exact) mass is 690 g/mol. The number of para-hydroxylation sites is 2. The third-order valence-electron chi connectivity index (χ3n) is 11.7. The van der Waals surface area contributed by atoms with Gasteiger partial charge in [0.05, 0.1) is 11.4 Å². The molecule has 1 atom stereocenters. The van der Waals surface area contributed by atoms with E-state index in [1.165, 1.54) is 22.4 Å². The van der Waals surface area contributed by atoms with Gasteiger partial charge in [0.2, 0.25) is 0 Å². The summed E-state index contributed by atoms with van der Waals surface area (Å²) in [4.78, 5) is 32.5. The molecule has 0 saturated carbocycles. The minimum absolute atomic E-state index is 0.0378. The molecular weight excluding hydrogens is 649 g/mol. The van der Waals surface area contributed by atoms with E-state index >= 15 is 0 Å². The number of allylic oxidation sites excluding steroid dienone is 6. The Morgan fingerprint density at radius 1 is 0.566 bits per heavy atom. The first-order chi connectivity index (χ1) is 25.7. The predicted octanol–water partition coefficient (Wildman–Crippen LogP) is 11.8. The van der Waals surface area contributed by atoms with Crippen molar-refractivity contribution in [2.75, 3.05) is 9.80 Å². The zero-order chi connectivity index (χ0) is 36.3. The van der Waals surface area contributed by atoms with Crippen LogP contribution in [0.3, 0.4) is 0 Å². The molecule has 5 aromatic rings. The van der Waals surface area contributed by atoms with E-state index in [2.05, 4.69) is 122 Å². The molecule has 260 valence electrons. The molecule has 1 unspecified atom stereocenters. The van der Waals surface area contributed by atoms with Gasteiger partial charge in [0.1, 0.15) is 0 Å². The van der Waals surface area contributed by atoms with Crippen LogP contribution in [0, 0.1) is 0 Å². The third-order valence-corrected chi connectivity index (χ3v) is 11.7. The minimum Gasteiger partial charge on any atom is -0.310 e. The van der Waals surface area contributed by atoms with Gasteiger partial charge < -0.3 is 9.80 Å². The second-order valence-electron chi connectivity index (χ2n) is 15.4. The van der Waals surface area contributed by atoms with Gasteiger partial charge in [0, 0.05) is 55.9 Å². The van der Waals surface area contributed by atoms with Gasteiger partial charge in [-0.2, -0.15) is 0 Å². The average Bonchev–Trinajstić information content (AvgIpc) is 3.37. The molecule has 2 aliphatic carbocycles. The van der Waals surface area contributed by atoms with Gasteiger partial charge in [-0.05, 0) is 97.0 Å². The topological polar surface area (TPSA) is 40.6 Å². The number of carbonyl (C=O) groups is 2. The predicted molar refractivity (Wildman–Crippen MR) is 216 cm³/mol. The van der Waals surface area contributed by atoms with Crippen LogP contribution in [0.15, 0.2) is 169 Å². The van der Waals surface area contributed by atoms with Crippen LogP contribution in [0.1, 0.15) is 89.4 Å². The van der Waals surface area contributed by atoms with Crippen LogP contribution >= 0.6 is 0 Å². The van der Waals surface area contributed by atoms with Crippen LogP contribution in [0.4, 0.5) is 22.7 Å². The van der Waals surface area contributed by atoms with E-state index in [1.807, 2.05) is 36.4 Å². The lowest BCUT2D eigenvalue weighted by molar-refractivity contribution is 0.102. The number of carbonyl (C=O) groups excluding carboxylic acids is 2. The maximum absolute atomic E-state index is 14.0. The summed E-state index contributed by atoms with van der Waals surface area (Å²) in [6.07, 6.45) is 15.4. The maximum Gasteiger partial charge on any atom is 0.193 e. The molecule has 0 N–H and O–H groups in total. The number of fused-ring (bicyclic) bond motifs is 4. The maximum atomic E-state index is 14.0. The molecule has 53 heavy (non-hydrogen) atoms. The summed E-state index contributed by atoms with van der Waals surface area (Å²) in [5, 5.41) is 0. The Morgan fingerprint density at radius 3 is 1.79 bits per heavy atom. The van der Waals surface area contributed by atoms with E-state index in [9.17, 15) is 9.59 Å². The molecule has 0 radical (unpaired) electrons. The van der Waals surface area contributed by atoms with Gasteiger partial charge in [-0.1, -0.05) is 118 Å². The summed E-state index contributed by atoms with van der Waals surface area (Å²) in [5.41, 5.74) is 12.7. The normalized spacial score (nSPS) is 19.5. The van der Waals surface area contributed by atoms with Crippen molar-refractivity contribution >= 4 is 34.3 Å². The zero-order valence-corrected chi connectivity index (χ0v) is 30.5. The van der Waals surface area contributed by atoms with Crippen molar-refractivity contribution < 1.29 is 9.59 Å². The van der Waals surface area contributed by atoms with E-state index in [0.717, 1.165) is 54.1 Å². The standard InChI is InChI=1S/C49H42N2O2/c1-48(2)40-19-4-7-22-43(40)51(44-23-8-5-20-41(44)48)38-18-13-15-36(31-38)47(53)34-27-25-33(26-28-34)46(52)35-14-12-17-37(30-35)50-39-16-10-11-29-49(3,32-39)42-21-6-9-24-45(42)50/h4,6-10,12-19,21-28,30-32H,5,11,20,29H2,1-3H3. The van der Waals surface area contributed by atoms with Gasteiger partial charge in [-0.15, -0.1) is 0 Å². The number of hydrogen-bond donors (Lipinski definition) is 0. The highest BCUT2D eigenvalue weighted by Gasteiger charge is 2.39. The van der Waals surface area contributed by atoms with E-state index in [-0.39, 0.29) is 22.4 Å². The van der Waals surface area contributed by atoms with Crippen molar-refractivity contribution in [2.45, 2.75) is 57.3 Å². The van der Waals surface area contributed by atoms with Crippen LogP contribution in [0.2, 0.25) is 0 Å². The third kappa shape index (κ3) is 5.44. The Bertz CT molecular complexity index is 2440. The summed E-state index contributed by atoms with van der Waals surface area (Å²) < 4.78 is 0. The van der Waals surface area contributed by atoms with Crippen LogP contribution in [-0.4, -0.2) is 11.6 Å². The van der Waals surface area contributed by atoms with E-state index in [0.29, 0.717) is 22.3 Å². The van der Waals surface area contributed by atoms with Crippen LogP contribution < -0.4 is 9.80 Å². The molecule has 0 fully saturated rings. The van der Waals surface area contributed by atoms with Crippen molar-refractivity contribution in [3.63, 3.8) is 0 Å². The van der Waals surface area contributed by atoms with Crippen molar-refractivity contribution in [1.29, 1.82) is 0 Å². The first-order valence-corrected chi connectivity index (χ1v) is 18.7. The lowest BCUT2D eigenvalue weighted by Crippen LogP contribution is -2.34. The number of nitrogens with zero attached hydrogens (tertiary/aromatic N) is 2. The largest absolute Gasteiger partial charge is 0.310 e. The fourth-order valence-corrected chi connectivity index (χ4v) is 8.90. The highest BCUT2D eigenvalue weighted by atomic mass is 16.1. The highest BCUT2D eigenvalue weighted by molar-refractivity contribution is 6.12. The van der Waals surface area contributed by atoms with E-state index < -0.39 is 0 Å². The Kier molecular flexibility index (Phi) is 7.81. The summed E-state index contributed by atoms with van der Waals surface area (Å²) >= 11 is 0. The average molecular weight is 691 g/mol. The number of benzene rings is 5. The van der Waals surface area contributed by atoms with Gasteiger partial charge in [-0.25, -0.2) is 0 Å². The first-order valence-electron chi connectivity index (χ1n) is 18.7. The minimum atomic E-state index is -0.0790. The Balaban J connectivity index is 0.995. The summed E-state index contributed by atoms with van der Waals surface area (Å²) in [6.45, 7) is 6.95. The fraction of sp³-hybridized carbons (Fsp3) is 0.184.